The van der Waals surface area contributed by atoms with Crippen LogP contribution in [0.2, 0.25) is 0 Å². The van der Waals surface area contributed by atoms with Crippen LogP contribution in [0.4, 0.5) is 45.5 Å². The summed E-state index contributed by atoms with van der Waals surface area (Å²) < 4.78 is 108. The lowest BCUT2D eigenvalue weighted by Gasteiger charge is -2.10. The van der Waals surface area contributed by atoms with Crippen LogP contribution in [0.3, 0.4) is 0 Å². The minimum absolute atomic E-state index is 0.113. The molecule has 340 valence electrons. The number of fused-ring (bicyclic) bond motifs is 4. The Hall–Kier alpha value is -8.05. The Kier molecular flexibility index (Phi) is 11.7. The molecule has 9 aromatic rings. The predicted octanol–water partition coefficient (Wildman–Crippen LogP) is 12.7. The van der Waals surface area contributed by atoms with Crippen molar-refractivity contribution in [2.45, 2.75) is 14.7 Å². The van der Waals surface area contributed by atoms with Gasteiger partial charge in [-0.1, -0.05) is 36.4 Å². The van der Waals surface area contributed by atoms with Gasteiger partial charge in [-0.05, 0) is 126 Å². The highest BCUT2D eigenvalue weighted by Gasteiger charge is 2.18. The first kappa shape index (κ1) is 45.1. The van der Waals surface area contributed by atoms with Gasteiger partial charge in [0.05, 0.1) is 45.3 Å². The number of hydrogen-bond acceptors (Lipinski definition) is 15. The first-order chi connectivity index (χ1) is 32.4. The van der Waals surface area contributed by atoms with Gasteiger partial charge in [0.25, 0.3) is 30.4 Å². The van der Waals surface area contributed by atoms with E-state index in [0.717, 1.165) is 17.1 Å². The molecule has 0 aliphatic rings. The highest BCUT2D eigenvalue weighted by molar-refractivity contribution is 7.86. The molecule has 0 saturated carbocycles. The van der Waals surface area contributed by atoms with E-state index in [1.165, 1.54) is 78.9 Å². The number of anilines is 2. The summed E-state index contributed by atoms with van der Waals surface area (Å²) in [5, 5.41) is 43.7. The molecule has 68 heavy (non-hydrogen) atoms. The zero-order valence-electron chi connectivity index (χ0n) is 35.0. The number of azo groups is 3. The average Bonchev–Trinajstić information content (AvgIpc) is 3.31. The second kappa shape index (κ2) is 17.6. The molecule has 0 heterocycles. The summed E-state index contributed by atoms with van der Waals surface area (Å²) in [5.74, 6) is 0.563. The van der Waals surface area contributed by atoms with E-state index < -0.39 is 40.1 Å². The molecular formula is C47H33N7O11S3. The Morgan fingerprint density at radius 3 is 1.47 bits per heavy atom. The van der Waals surface area contributed by atoms with Gasteiger partial charge in [0, 0.05) is 43.7 Å². The van der Waals surface area contributed by atoms with Crippen molar-refractivity contribution in [1.82, 2.24) is 0 Å². The Balaban J connectivity index is 1.05. The fourth-order valence-electron chi connectivity index (χ4n) is 7.42. The lowest BCUT2D eigenvalue weighted by atomic mass is 10.1. The Labute approximate surface area is 386 Å². The van der Waals surface area contributed by atoms with Gasteiger partial charge >= 0.3 is 0 Å². The molecule has 0 spiro atoms. The molecule has 18 nitrogen and oxygen atoms in total. The number of phenols is 1. The summed E-state index contributed by atoms with van der Waals surface area (Å²) in [6.45, 7) is 0. The molecule has 0 unspecified atom stereocenters. The van der Waals surface area contributed by atoms with Gasteiger partial charge in [-0.2, -0.15) is 30.4 Å². The third-order valence-corrected chi connectivity index (χ3v) is 13.3. The molecule has 0 aliphatic carbocycles. The molecule has 21 heteroatoms. The lowest BCUT2D eigenvalue weighted by Crippen LogP contribution is -1.98. The summed E-state index contributed by atoms with van der Waals surface area (Å²) >= 11 is 0. The molecule has 9 aromatic carbocycles. The summed E-state index contributed by atoms with van der Waals surface area (Å²) in [6, 6.07) is 38.6. The molecule has 0 bridgehead atoms. The molecule has 0 saturated heterocycles. The van der Waals surface area contributed by atoms with Crippen LogP contribution in [0.15, 0.2) is 197 Å². The van der Waals surface area contributed by atoms with E-state index in [1.807, 2.05) is 30.3 Å². The van der Waals surface area contributed by atoms with Crippen molar-refractivity contribution in [3.63, 3.8) is 0 Å². The minimum atomic E-state index is -4.68. The van der Waals surface area contributed by atoms with Crippen LogP contribution < -0.4 is 10.1 Å². The van der Waals surface area contributed by atoms with Gasteiger partial charge in [0.2, 0.25) is 0 Å². The topological polar surface area (TPSA) is 279 Å². The van der Waals surface area contributed by atoms with Gasteiger partial charge in [-0.15, -0.1) is 25.6 Å². The molecule has 5 N–H and O–H groups in total. The molecular weight excluding hydrogens is 935 g/mol. The summed E-state index contributed by atoms with van der Waals surface area (Å²) in [7, 11) is -12.3. The molecule has 0 aromatic heterocycles. The molecule has 0 fully saturated rings. The van der Waals surface area contributed by atoms with Crippen molar-refractivity contribution in [2.24, 2.45) is 30.7 Å². The number of aromatic hydroxyl groups is 1. The number of hydrogen-bond donors (Lipinski definition) is 5. The van der Waals surface area contributed by atoms with Crippen LogP contribution >= 0.6 is 0 Å². The SMILES string of the molecule is COc1ccc(Nc2ccc3c(O)c(N=Nc4ccc(N=Nc5ccc(N=Nc6ccc7c(S(=O)(=O)O)cccc7c6)c6ccc(S(=O)(=O)O)cc56)c5ccc(S(=O)(=O)O)cc45)ccc3c2)cc1. The average molecular weight is 968 g/mol. The highest BCUT2D eigenvalue weighted by Crippen LogP contribution is 2.42. The van der Waals surface area contributed by atoms with Gasteiger partial charge in [0.1, 0.15) is 16.3 Å². The van der Waals surface area contributed by atoms with Crippen molar-refractivity contribution in [1.29, 1.82) is 0 Å². The molecule has 0 atom stereocenters. The van der Waals surface area contributed by atoms with E-state index >= 15 is 0 Å². The van der Waals surface area contributed by atoms with Crippen LogP contribution in [0.25, 0.3) is 43.1 Å². The first-order valence-corrected chi connectivity index (χ1v) is 24.3. The third-order valence-electron chi connectivity index (χ3n) is 10.7. The summed E-state index contributed by atoms with van der Waals surface area (Å²) in [6.07, 6.45) is 0. The Bertz CT molecular complexity index is 3980. The van der Waals surface area contributed by atoms with Crippen molar-refractivity contribution in [3.8, 4) is 11.5 Å². The fraction of sp³-hybridized carbons (Fsp3) is 0.0213. The fourth-order valence-corrected chi connectivity index (χ4v) is 9.15. The second-order valence-corrected chi connectivity index (χ2v) is 19.3. The van der Waals surface area contributed by atoms with Crippen LogP contribution in [0, 0.1) is 0 Å². The van der Waals surface area contributed by atoms with Crippen molar-refractivity contribution < 1.29 is 48.8 Å². The van der Waals surface area contributed by atoms with Crippen LogP contribution in [-0.2, 0) is 30.4 Å². The van der Waals surface area contributed by atoms with Gasteiger partial charge < -0.3 is 15.2 Å². The van der Waals surface area contributed by atoms with E-state index in [0.29, 0.717) is 32.6 Å². The van der Waals surface area contributed by atoms with Gasteiger partial charge in [0.15, 0.2) is 5.75 Å². The van der Waals surface area contributed by atoms with Crippen molar-refractivity contribution >= 4 is 119 Å². The van der Waals surface area contributed by atoms with E-state index in [2.05, 4.69) is 36.0 Å². The quantitative estimate of drug-likeness (QED) is 0.0564. The number of nitrogens with zero attached hydrogens (tertiary/aromatic N) is 6. The highest BCUT2D eigenvalue weighted by atomic mass is 32.2. The smallest absolute Gasteiger partial charge is 0.295 e. The number of rotatable bonds is 12. The molecule has 0 aliphatic heterocycles. The van der Waals surface area contributed by atoms with E-state index in [4.69, 9.17) is 4.74 Å². The van der Waals surface area contributed by atoms with E-state index in [1.54, 1.807) is 49.6 Å². The Morgan fingerprint density at radius 2 is 0.912 bits per heavy atom. The standard InChI is InChI=1S/C47H33N7O11S3/c1-65-32-10-6-29(7-11-32)48-30-8-15-36-28(23-30)5-18-45(47(36)55)54-53-44-22-20-42(38-17-13-34(26-40(38)44)67(59,60)61)51-52-43-21-19-41(37-16-12-33(25-39(37)43)66(56,57)58)50-49-31-9-14-35-27(24-31)3-2-4-46(35)68(62,63)64/h2-26,48,55H,1H3,(H,56,57,58)(H,59,60,61)(H,62,63,64). The number of ether oxygens (including phenoxy) is 1. The number of phenolic OH excluding ortho intramolecular Hbond substituents is 1. The summed E-state index contributed by atoms with van der Waals surface area (Å²) in [4.78, 5) is -1.15. The largest absolute Gasteiger partial charge is 0.505 e. The third kappa shape index (κ3) is 9.33. The van der Waals surface area contributed by atoms with Crippen molar-refractivity contribution in [3.05, 3.63) is 152 Å². The second-order valence-electron chi connectivity index (χ2n) is 15.0. The number of benzene rings is 9. The van der Waals surface area contributed by atoms with E-state index in [9.17, 15) is 44.0 Å². The minimum Gasteiger partial charge on any atom is -0.505 e. The first-order valence-electron chi connectivity index (χ1n) is 19.9. The summed E-state index contributed by atoms with van der Waals surface area (Å²) in [5.41, 5.74) is 2.78. The maximum Gasteiger partial charge on any atom is 0.295 e. The van der Waals surface area contributed by atoms with E-state index in [-0.39, 0.29) is 55.2 Å². The number of nitrogens with one attached hydrogen (secondary N) is 1. The van der Waals surface area contributed by atoms with Crippen LogP contribution in [0.1, 0.15) is 0 Å². The normalized spacial score (nSPS) is 12.6. The number of methoxy groups -OCH3 is 1. The molecule has 0 radical (unpaired) electrons. The van der Waals surface area contributed by atoms with Gasteiger partial charge in [-0.25, -0.2) is 0 Å². The van der Waals surface area contributed by atoms with Crippen LogP contribution in [-0.4, -0.2) is 51.1 Å². The Morgan fingerprint density at radius 1 is 0.426 bits per heavy atom. The maximum atomic E-state index is 12.3. The predicted molar refractivity (Wildman–Crippen MR) is 256 cm³/mol. The molecule has 0 amide bonds. The monoisotopic (exact) mass is 967 g/mol. The zero-order chi connectivity index (χ0) is 48.0. The van der Waals surface area contributed by atoms with Crippen molar-refractivity contribution in [2.75, 3.05) is 12.4 Å². The van der Waals surface area contributed by atoms with Gasteiger partial charge in [-0.3, -0.25) is 13.7 Å². The zero-order valence-corrected chi connectivity index (χ0v) is 37.4. The lowest BCUT2D eigenvalue weighted by molar-refractivity contribution is 0.415. The molecule has 9 rings (SSSR count). The van der Waals surface area contributed by atoms with Crippen LogP contribution in [0.5, 0.6) is 11.5 Å². The maximum absolute atomic E-state index is 12.3.